The zero-order valence-electron chi connectivity index (χ0n) is 8.30. The second-order valence-electron chi connectivity index (χ2n) is 3.27. The van der Waals surface area contributed by atoms with Crippen molar-refractivity contribution in [2.75, 3.05) is 5.73 Å². The average Bonchev–Trinajstić information content (AvgIpc) is 2.75. The van der Waals surface area contributed by atoms with E-state index in [1.54, 1.807) is 17.4 Å². The number of rotatable bonds is 2. The standard InChI is InChI=1S/C10H11N3OS/c1-7-5-9(11)13(12-7)10(14)6-8-3-2-4-15-8/h2-5H,6,11H2,1H3. The van der Waals surface area contributed by atoms with Gasteiger partial charge in [-0.25, -0.2) is 0 Å². The van der Waals surface area contributed by atoms with E-state index in [0.29, 0.717) is 12.2 Å². The van der Waals surface area contributed by atoms with Gasteiger partial charge < -0.3 is 5.73 Å². The van der Waals surface area contributed by atoms with E-state index < -0.39 is 0 Å². The van der Waals surface area contributed by atoms with Crippen LogP contribution >= 0.6 is 11.3 Å². The molecule has 2 heterocycles. The summed E-state index contributed by atoms with van der Waals surface area (Å²) in [5.41, 5.74) is 6.41. The van der Waals surface area contributed by atoms with Crippen molar-refractivity contribution in [1.29, 1.82) is 0 Å². The molecule has 0 saturated heterocycles. The van der Waals surface area contributed by atoms with Gasteiger partial charge in [0.15, 0.2) is 0 Å². The van der Waals surface area contributed by atoms with Crippen LogP contribution in [0, 0.1) is 6.92 Å². The third-order valence-corrected chi connectivity index (χ3v) is 2.88. The molecule has 0 bridgehead atoms. The quantitative estimate of drug-likeness (QED) is 0.839. The van der Waals surface area contributed by atoms with E-state index in [2.05, 4.69) is 5.10 Å². The number of aryl methyl sites for hydroxylation is 1. The van der Waals surface area contributed by atoms with Crippen molar-refractivity contribution in [3.63, 3.8) is 0 Å². The molecule has 5 heteroatoms. The predicted octanol–water partition coefficient (Wildman–Crippen LogP) is 1.72. The van der Waals surface area contributed by atoms with E-state index in [-0.39, 0.29) is 5.91 Å². The van der Waals surface area contributed by atoms with Crippen LogP contribution in [0.15, 0.2) is 23.6 Å². The van der Waals surface area contributed by atoms with Gasteiger partial charge in [-0.05, 0) is 18.4 Å². The molecule has 0 atom stereocenters. The number of hydrogen-bond donors (Lipinski definition) is 1. The van der Waals surface area contributed by atoms with E-state index in [9.17, 15) is 4.79 Å². The first kappa shape index (κ1) is 9.92. The van der Waals surface area contributed by atoms with E-state index in [1.165, 1.54) is 4.68 Å². The third-order valence-electron chi connectivity index (χ3n) is 2.00. The van der Waals surface area contributed by atoms with E-state index >= 15 is 0 Å². The fourth-order valence-electron chi connectivity index (χ4n) is 1.36. The van der Waals surface area contributed by atoms with Crippen molar-refractivity contribution >= 4 is 23.1 Å². The van der Waals surface area contributed by atoms with Crippen LogP contribution in [-0.2, 0) is 6.42 Å². The summed E-state index contributed by atoms with van der Waals surface area (Å²) >= 11 is 1.56. The van der Waals surface area contributed by atoms with Gasteiger partial charge in [-0.3, -0.25) is 4.79 Å². The van der Waals surface area contributed by atoms with E-state index in [1.807, 2.05) is 24.4 Å². The highest BCUT2D eigenvalue weighted by atomic mass is 32.1. The van der Waals surface area contributed by atoms with Crippen molar-refractivity contribution < 1.29 is 4.79 Å². The molecule has 0 radical (unpaired) electrons. The fraction of sp³-hybridized carbons (Fsp3) is 0.200. The van der Waals surface area contributed by atoms with Crippen LogP contribution in [-0.4, -0.2) is 15.7 Å². The molecule has 0 aromatic carbocycles. The normalized spacial score (nSPS) is 10.5. The topological polar surface area (TPSA) is 60.9 Å². The van der Waals surface area contributed by atoms with Gasteiger partial charge in [0, 0.05) is 10.9 Å². The summed E-state index contributed by atoms with van der Waals surface area (Å²) in [7, 11) is 0. The molecule has 0 amide bonds. The van der Waals surface area contributed by atoms with Crippen molar-refractivity contribution in [1.82, 2.24) is 9.78 Å². The van der Waals surface area contributed by atoms with Crippen LogP contribution in [0.4, 0.5) is 5.82 Å². The van der Waals surface area contributed by atoms with Gasteiger partial charge in [0.1, 0.15) is 5.82 Å². The maximum atomic E-state index is 11.8. The van der Waals surface area contributed by atoms with E-state index in [4.69, 9.17) is 5.73 Å². The van der Waals surface area contributed by atoms with Crippen LogP contribution < -0.4 is 5.73 Å². The Morgan fingerprint density at radius 3 is 3.00 bits per heavy atom. The lowest BCUT2D eigenvalue weighted by molar-refractivity contribution is 0.0902. The zero-order valence-corrected chi connectivity index (χ0v) is 9.12. The molecule has 15 heavy (non-hydrogen) atoms. The largest absolute Gasteiger partial charge is 0.383 e. The first-order valence-corrected chi connectivity index (χ1v) is 5.42. The number of aromatic nitrogens is 2. The Morgan fingerprint density at radius 1 is 1.67 bits per heavy atom. The molecule has 0 aliphatic heterocycles. The van der Waals surface area contributed by atoms with Crippen LogP contribution in [0.3, 0.4) is 0 Å². The summed E-state index contributed by atoms with van der Waals surface area (Å²) < 4.78 is 1.26. The van der Waals surface area contributed by atoms with Gasteiger partial charge in [0.2, 0.25) is 0 Å². The van der Waals surface area contributed by atoms with Crippen molar-refractivity contribution in [2.24, 2.45) is 0 Å². The molecule has 0 saturated carbocycles. The van der Waals surface area contributed by atoms with Gasteiger partial charge >= 0.3 is 0 Å². The summed E-state index contributed by atoms with van der Waals surface area (Å²) in [6.45, 7) is 1.81. The highest BCUT2D eigenvalue weighted by Crippen LogP contribution is 2.12. The monoisotopic (exact) mass is 221 g/mol. The lowest BCUT2D eigenvalue weighted by Gasteiger charge is -2.00. The van der Waals surface area contributed by atoms with Crippen molar-refractivity contribution in [3.05, 3.63) is 34.2 Å². The Morgan fingerprint density at radius 2 is 2.47 bits per heavy atom. The Bertz CT molecular complexity index is 473. The van der Waals surface area contributed by atoms with Crippen molar-refractivity contribution in [2.45, 2.75) is 13.3 Å². The van der Waals surface area contributed by atoms with Crippen LogP contribution in [0.2, 0.25) is 0 Å². The van der Waals surface area contributed by atoms with Gasteiger partial charge in [0.05, 0.1) is 12.1 Å². The lowest BCUT2D eigenvalue weighted by atomic mass is 10.3. The number of thiophene rings is 1. The Hall–Kier alpha value is -1.62. The van der Waals surface area contributed by atoms with Crippen molar-refractivity contribution in [3.8, 4) is 0 Å². The highest BCUT2D eigenvalue weighted by molar-refractivity contribution is 7.10. The Kier molecular flexibility index (Phi) is 2.55. The first-order chi connectivity index (χ1) is 7.16. The Balaban J connectivity index is 2.18. The molecule has 2 aromatic heterocycles. The van der Waals surface area contributed by atoms with Gasteiger partial charge in [-0.1, -0.05) is 6.07 Å². The van der Waals surface area contributed by atoms with Crippen LogP contribution in [0.5, 0.6) is 0 Å². The number of nitrogen functional groups attached to an aromatic ring is 1. The number of nitrogens with two attached hydrogens (primary N) is 1. The summed E-state index contributed by atoms with van der Waals surface area (Å²) in [6.07, 6.45) is 0.350. The first-order valence-electron chi connectivity index (χ1n) is 4.54. The van der Waals surface area contributed by atoms with E-state index in [0.717, 1.165) is 10.6 Å². The predicted molar refractivity (Wildman–Crippen MR) is 60.0 cm³/mol. The molecular formula is C10H11N3OS. The summed E-state index contributed by atoms with van der Waals surface area (Å²) in [6, 6.07) is 5.53. The third kappa shape index (κ3) is 2.07. The molecule has 0 unspecified atom stereocenters. The minimum atomic E-state index is -0.0944. The number of hydrogen-bond acceptors (Lipinski definition) is 4. The fourth-order valence-corrected chi connectivity index (χ4v) is 2.05. The summed E-state index contributed by atoms with van der Waals surface area (Å²) in [5, 5.41) is 5.98. The lowest BCUT2D eigenvalue weighted by Crippen LogP contribution is -2.16. The molecule has 0 fully saturated rings. The minimum Gasteiger partial charge on any atom is -0.383 e. The highest BCUT2D eigenvalue weighted by Gasteiger charge is 2.11. The maximum absolute atomic E-state index is 11.8. The molecule has 0 spiro atoms. The average molecular weight is 221 g/mol. The number of carbonyl (C=O) groups excluding carboxylic acids is 1. The number of nitrogens with zero attached hydrogens (tertiary/aromatic N) is 2. The second kappa shape index (κ2) is 3.86. The van der Waals surface area contributed by atoms with Gasteiger partial charge in [0.25, 0.3) is 5.91 Å². The molecule has 2 aromatic rings. The summed E-state index contributed by atoms with van der Waals surface area (Å²) in [5.74, 6) is 0.303. The maximum Gasteiger partial charge on any atom is 0.253 e. The molecular weight excluding hydrogens is 210 g/mol. The molecule has 2 rings (SSSR count). The molecule has 78 valence electrons. The Labute approximate surface area is 91.3 Å². The molecule has 2 N–H and O–H groups in total. The van der Waals surface area contributed by atoms with Crippen LogP contribution in [0.25, 0.3) is 0 Å². The molecule has 0 aliphatic carbocycles. The molecule has 0 aliphatic rings. The summed E-state index contributed by atoms with van der Waals surface area (Å²) in [4.78, 5) is 12.8. The van der Waals surface area contributed by atoms with Crippen LogP contribution in [0.1, 0.15) is 15.4 Å². The second-order valence-corrected chi connectivity index (χ2v) is 4.30. The van der Waals surface area contributed by atoms with Gasteiger partial charge in [-0.15, -0.1) is 11.3 Å². The minimum absolute atomic E-state index is 0.0944. The SMILES string of the molecule is Cc1cc(N)n(C(=O)Cc2cccs2)n1. The molecule has 4 nitrogen and oxygen atoms in total. The number of anilines is 1. The smallest absolute Gasteiger partial charge is 0.253 e. The number of carbonyl (C=O) groups is 1. The zero-order chi connectivity index (χ0) is 10.8. The van der Waals surface area contributed by atoms with Gasteiger partial charge in [-0.2, -0.15) is 9.78 Å².